The second kappa shape index (κ2) is 4.60. The Kier molecular flexibility index (Phi) is 3.05. The number of benzene rings is 1. The van der Waals surface area contributed by atoms with Gasteiger partial charge in [-0.05, 0) is 60.6 Å². The van der Waals surface area contributed by atoms with E-state index in [0.717, 1.165) is 18.0 Å². The number of hydrogen-bond donors (Lipinski definition) is 1. The van der Waals surface area contributed by atoms with Crippen LogP contribution in [0.5, 0.6) is 0 Å². The summed E-state index contributed by atoms with van der Waals surface area (Å²) in [5.41, 5.74) is 5.50. The maximum Gasteiger partial charge on any atom is 0.0540 e. The van der Waals surface area contributed by atoms with E-state index in [0.29, 0.717) is 0 Å². The molecule has 3 rings (SSSR count). The number of anilines is 1. The van der Waals surface area contributed by atoms with Gasteiger partial charge in [-0.2, -0.15) is 0 Å². The molecule has 1 fully saturated rings. The van der Waals surface area contributed by atoms with Gasteiger partial charge in [0.25, 0.3) is 0 Å². The molecule has 1 aromatic rings. The molecule has 0 atom stereocenters. The quantitative estimate of drug-likeness (QED) is 0.800. The molecule has 1 aromatic carbocycles. The van der Waals surface area contributed by atoms with Crippen LogP contribution in [0.3, 0.4) is 0 Å². The van der Waals surface area contributed by atoms with E-state index in [1.54, 1.807) is 0 Å². The molecule has 0 spiro atoms. The lowest BCUT2D eigenvalue weighted by atomic mass is 9.71. The Morgan fingerprint density at radius 3 is 2.84 bits per heavy atom. The molecule has 2 aliphatic carbocycles. The summed E-state index contributed by atoms with van der Waals surface area (Å²) >= 11 is 0. The first-order valence-corrected chi connectivity index (χ1v) is 7.48. The van der Waals surface area contributed by atoms with Gasteiger partial charge in [-0.15, -0.1) is 6.42 Å². The molecule has 1 saturated carbocycles. The van der Waals surface area contributed by atoms with Crippen molar-refractivity contribution in [2.45, 2.75) is 51.4 Å². The molecule has 0 aliphatic heterocycles. The monoisotopic (exact) mass is 253 g/mol. The van der Waals surface area contributed by atoms with E-state index in [2.05, 4.69) is 37.2 Å². The highest BCUT2D eigenvalue weighted by atomic mass is 14.9. The van der Waals surface area contributed by atoms with Gasteiger partial charge < -0.3 is 5.32 Å². The van der Waals surface area contributed by atoms with E-state index >= 15 is 0 Å². The number of fused-ring (bicyclic) bond motifs is 1. The number of aryl methyl sites for hydroxylation is 1. The topological polar surface area (TPSA) is 12.0 Å². The maximum absolute atomic E-state index is 5.70. The lowest BCUT2D eigenvalue weighted by Gasteiger charge is -2.35. The van der Waals surface area contributed by atoms with Gasteiger partial charge in [0.15, 0.2) is 0 Å². The van der Waals surface area contributed by atoms with Gasteiger partial charge in [0.1, 0.15) is 0 Å². The number of terminal acetylenes is 1. The zero-order valence-electron chi connectivity index (χ0n) is 12.1. The standard InChI is InChI=1S/C18H23N/c1-4-14-9-10-15-6-5-11-18(2,3)16(15)17(14)19-12-13-7-8-13/h1,9-10,13,19H,5-8,11-12H2,2-3H3. The van der Waals surface area contributed by atoms with Crippen molar-refractivity contribution < 1.29 is 0 Å². The molecule has 19 heavy (non-hydrogen) atoms. The number of nitrogens with one attached hydrogen (secondary N) is 1. The molecule has 1 nitrogen and oxygen atoms in total. The summed E-state index contributed by atoms with van der Waals surface area (Å²) in [5, 5.41) is 3.67. The van der Waals surface area contributed by atoms with Crippen molar-refractivity contribution in [2.24, 2.45) is 5.92 Å². The highest BCUT2D eigenvalue weighted by Gasteiger charge is 2.31. The zero-order chi connectivity index (χ0) is 13.5. The van der Waals surface area contributed by atoms with Crippen molar-refractivity contribution in [3.05, 3.63) is 28.8 Å². The molecule has 2 aliphatic rings. The molecule has 0 saturated heterocycles. The van der Waals surface area contributed by atoms with E-state index in [1.165, 1.54) is 48.9 Å². The minimum atomic E-state index is 0.242. The summed E-state index contributed by atoms with van der Waals surface area (Å²) in [6.07, 6.45) is 12.2. The molecule has 1 N–H and O–H groups in total. The van der Waals surface area contributed by atoms with Crippen LogP contribution in [-0.2, 0) is 11.8 Å². The number of hydrogen-bond acceptors (Lipinski definition) is 1. The molecule has 1 heteroatoms. The predicted octanol–water partition coefficient (Wildman–Crippen LogP) is 4.10. The third-order valence-corrected chi connectivity index (χ3v) is 4.64. The average molecular weight is 253 g/mol. The molecule has 0 amide bonds. The van der Waals surface area contributed by atoms with Gasteiger partial charge in [0.05, 0.1) is 5.69 Å². The van der Waals surface area contributed by atoms with Gasteiger partial charge in [-0.1, -0.05) is 25.8 Å². The smallest absolute Gasteiger partial charge is 0.0540 e. The van der Waals surface area contributed by atoms with Crippen molar-refractivity contribution in [1.82, 2.24) is 0 Å². The van der Waals surface area contributed by atoms with Crippen LogP contribution in [0.2, 0.25) is 0 Å². The van der Waals surface area contributed by atoms with Crippen LogP contribution in [0.4, 0.5) is 5.69 Å². The Morgan fingerprint density at radius 2 is 2.16 bits per heavy atom. The van der Waals surface area contributed by atoms with E-state index in [9.17, 15) is 0 Å². The molecule has 0 unspecified atom stereocenters. The highest BCUT2D eigenvalue weighted by molar-refractivity contribution is 5.68. The molecule has 0 bridgehead atoms. The SMILES string of the molecule is C#Cc1ccc2c(c1NCC1CC1)C(C)(C)CCC2. The Bertz CT molecular complexity index is 529. The minimum Gasteiger partial charge on any atom is -0.384 e. The first-order chi connectivity index (χ1) is 9.12. The highest BCUT2D eigenvalue weighted by Crippen LogP contribution is 2.43. The van der Waals surface area contributed by atoms with E-state index in [4.69, 9.17) is 6.42 Å². The third kappa shape index (κ3) is 2.37. The normalized spacial score (nSPS) is 20.5. The summed E-state index contributed by atoms with van der Waals surface area (Å²) < 4.78 is 0. The molecular formula is C18H23N. The van der Waals surface area contributed by atoms with E-state index in [1.807, 2.05) is 0 Å². The molecule has 0 radical (unpaired) electrons. The summed E-state index contributed by atoms with van der Waals surface area (Å²) in [5.74, 6) is 3.73. The van der Waals surface area contributed by atoms with Crippen LogP contribution < -0.4 is 5.32 Å². The van der Waals surface area contributed by atoms with E-state index < -0.39 is 0 Å². The second-order valence-corrected chi connectivity index (χ2v) is 6.73. The fourth-order valence-electron chi connectivity index (χ4n) is 3.35. The Labute approximate surface area is 116 Å². The molecular weight excluding hydrogens is 230 g/mol. The largest absolute Gasteiger partial charge is 0.384 e. The second-order valence-electron chi connectivity index (χ2n) is 6.73. The predicted molar refractivity (Wildman–Crippen MR) is 81.6 cm³/mol. The van der Waals surface area contributed by atoms with Crippen molar-refractivity contribution >= 4 is 5.69 Å². The first-order valence-electron chi connectivity index (χ1n) is 7.48. The van der Waals surface area contributed by atoms with Gasteiger partial charge >= 0.3 is 0 Å². The van der Waals surface area contributed by atoms with Crippen molar-refractivity contribution in [2.75, 3.05) is 11.9 Å². The van der Waals surface area contributed by atoms with E-state index in [-0.39, 0.29) is 5.41 Å². The summed E-state index contributed by atoms with van der Waals surface area (Å²) in [4.78, 5) is 0. The Morgan fingerprint density at radius 1 is 1.37 bits per heavy atom. The Hall–Kier alpha value is -1.42. The third-order valence-electron chi connectivity index (χ3n) is 4.64. The lowest BCUT2D eigenvalue weighted by Crippen LogP contribution is -2.26. The van der Waals surface area contributed by atoms with Crippen LogP contribution in [0, 0.1) is 18.3 Å². The van der Waals surface area contributed by atoms with Crippen LogP contribution in [0.15, 0.2) is 12.1 Å². The average Bonchev–Trinajstić information content (AvgIpc) is 3.19. The van der Waals surface area contributed by atoms with Gasteiger partial charge in [0, 0.05) is 12.1 Å². The summed E-state index contributed by atoms with van der Waals surface area (Å²) in [6.45, 7) is 5.79. The maximum atomic E-state index is 5.70. The molecule has 0 heterocycles. The first kappa shape index (κ1) is 12.6. The molecule has 0 aromatic heterocycles. The number of rotatable bonds is 3. The fourth-order valence-corrected chi connectivity index (χ4v) is 3.35. The van der Waals surface area contributed by atoms with Crippen molar-refractivity contribution in [3.63, 3.8) is 0 Å². The van der Waals surface area contributed by atoms with Crippen LogP contribution in [-0.4, -0.2) is 6.54 Å². The lowest BCUT2D eigenvalue weighted by molar-refractivity contribution is 0.433. The van der Waals surface area contributed by atoms with Gasteiger partial charge in [-0.25, -0.2) is 0 Å². The molecule has 100 valence electrons. The van der Waals surface area contributed by atoms with Crippen LogP contribution in [0.25, 0.3) is 0 Å². The fraction of sp³-hybridized carbons (Fsp3) is 0.556. The Balaban J connectivity index is 2.04. The summed E-state index contributed by atoms with van der Waals surface area (Å²) in [7, 11) is 0. The van der Waals surface area contributed by atoms with Gasteiger partial charge in [-0.3, -0.25) is 0 Å². The van der Waals surface area contributed by atoms with Crippen LogP contribution in [0.1, 0.15) is 56.2 Å². The van der Waals surface area contributed by atoms with Crippen LogP contribution >= 0.6 is 0 Å². The summed E-state index contributed by atoms with van der Waals surface area (Å²) in [6, 6.07) is 4.36. The zero-order valence-corrected chi connectivity index (χ0v) is 12.1. The van der Waals surface area contributed by atoms with Crippen molar-refractivity contribution in [1.29, 1.82) is 0 Å². The van der Waals surface area contributed by atoms with Gasteiger partial charge in [0.2, 0.25) is 0 Å². The van der Waals surface area contributed by atoms with Crippen molar-refractivity contribution in [3.8, 4) is 12.3 Å². The minimum absolute atomic E-state index is 0.242.